The molecule has 2 aliphatic carbocycles. The maximum Gasteiger partial charge on any atom is 0.333 e. The Morgan fingerprint density at radius 1 is 1.25 bits per heavy atom. The van der Waals surface area contributed by atoms with Crippen molar-refractivity contribution >= 4 is 16.1 Å². The number of ether oxygens (including phenoxy) is 2. The van der Waals surface area contributed by atoms with E-state index in [0.29, 0.717) is 24.5 Å². The standard InChI is InChI=1S/C21H28N4O6S/c1-29-18-7-6-13-4-2-3-5-16(13)21(18)25-19-10-20(24-12-23-19)31-15-8-14(17(26)9-15)11-30-32(22,27)28/h2-5,10,12,14-15,17-18,21,26H,6-9,11H2,1H3,(H2,22,27,28)(H,23,24,25)/t14-,15+,17-,18-,21-/m0/s1. The third kappa shape index (κ3) is 5.54. The number of hydrogen-bond donors (Lipinski definition) is 3. The molecule has 4 N–H and O–H groups in total. The Labute approximate surface area is 187 Å². The van der Waals surface area contributed by atoms with Crippen molar-refractivity contribution in [2.75, 3.05) is 19.0 Å². The van der Waals surface area contributed by atoms with E-state index in [2.05, 4.69) is 31.6 Å². The molecule has 1 fully saturated rings. The molecule has 2 aliphatic rings. The lowest BCUT2D eigenvalue weighted by molar-refractivity contribution is 0.0735. The molecule has 0 radical (unpaired) electrons. The van der Waals surface area contributed by atoms with Gasteiger partial charge in [0.05, 0.1) is 24.9 Å². The fourth-order valence-corrected chi connectivity index (χ4v) is 4.84. The lowest BCUT2D eigenvalue weighted by atomic mass is 9.85. The van der Waals surface area contributed by atoms with Gasteiger partial charge in [0.1, 0.15) is 18.2 Å². The number of rotatable bonds is 8. The monoisotopic (exact) mass is 464 g/mol. The minimum Gasteiger partial charge on any atom is -0.474 e. The van der Waals surface area contributed by atoms with Crippen molar-refractivity contribution in [3.05, 3.63) is 47.8 Å². The molecule has 1 heterocycles. The molecule has 1 saturated carbocycles. The maximum atomic E-state index is 11.0. The van der Waals surface area contributed by atoms with Gasteiger partial charge in [-0.2, -0.15) is 8.42 Å². The van der Waals surface area contributed by atoms with E-state index in [1.807, 2.05) is 12.1 Å². The smallest absolute Gasteiger partial charge is 0.333 e. The third-order valence-electron chi connectivity index (χ3n) is 6.06. The Balaban J connectivity index is 1.42. The topological polar surface area (TPSA) is 146 Å². The van der Waals surface area contributed by atoms with Crippen molar-refractivity contribution in [3.8, 4) is 5.88 Å². The molecule has 0 saturated heterocycles. The van der Waals surface area contributed by atoms with E-state index in [0.717, 1.165) is 12.8 Å². The van der Waals surface area contributed by atoms with Crippen LogP contribution in [0.1, 0.15) is 36.4 Å². The summed E-state index contributed by atoms with van der Waals surface area (Å²) in [7, 11) is -2.34. The number of aliphatic hydroxyl groups excluding tert-OH is 1. The van der Waals surface area contributed by atoms with E-state index in [9.17, 15) is 13.5 Å². The summed E-state index contributed by atoms with van der Waals surface area (Å²) >= 11 is 0. The molecular formula is C21H28N4O6S. The fraction of sp³-hybridized carbons (Fsp3) is 0.524. The van der Waals surface area contributed by atoms with Gasteiger partial charge in [0.25, 0.3) is 0 Å². The van der Waals surface area contributed by atoms with Crippen LogP contribution in [0, 0.1) is 5.92 Å². The number of fused-ring (bicyclic) bond motifs is 1. The molecule has 10 nitrogen and oxygen atoms in total. The normalized spacial score (nSPS) is 27.7. The summed E-state index contributed by atoms with van der Waals surface area (Å²) in [5.41, 5.74) is 2.47. The molecule has 174 valence electrons. The van der Waals surface area contributed by atoms with E-state index in [-0.39, 0.29) is 30.8 Å². The molecule has 0 amide bonds. The third-order valence-corrected chi connectivity index (χ3v) is 6.52. The number of benzene rings is 1. The second-order valence-corrected chi connectivity index (χ2v) is 9.41. The lowest BCUT2D eigenvalue weighted by Crippen LogP contribution is -2.32. The summed E-state index contributed by atoms with van der Waals surface area (Å²) in [4.78, 5) is 8.51. The highest BCUT2D eigenvalue weighted by Crippen LogP contribution is 2.35. The number of methoxy groups -OCH3 is 1. The molecule has 1 aromatic heterocycles. The van der Waals surface area contributed by atoms with Crippen molar-refractivity contribution in [3.63, 3.8) is 0 Å². The van der Waals surface area contributed by atoms with Gasteiger partial charge in [0, 0.05) is 25.5 Å². The average Bonchev–Trinajstić information content (AvgIpc) is 3.11. The van der Waals surface area contributed by atoms with Gasteiger partial charge in [-0.05, 0) is 30.4 Å². The molecule has 0 bridgehead atoms. The van der Waals surface area contributed by atoms with Crippen LogP contribution in [0.25, 0.3) is 0 Å². The molecular weight excluding hydrogens is 436 g/mol. The molecule has 0 spiro atoms. The molecule has 0 aliphatic heterocycles. The van der Waals surface area contributed by atoms with E-state index < -0.39 is 16.4 Å². The minimum atomic E-state index is -4.05. The van der Waals surface area contributed by atoms with Gasteiger partial charge >= 0.3 is 10.3 Å². The van der Waals surface area contributed by atoms with Gasteiger partial charge in [-0.3, -0.25) is 4.18 Å². The first-order valence-electron chi connectivity index (χ1n) is 10.5. The number of anilines is 1. The maximum absolute atomic E-state index is 11.0. The molecule has 32 heavy (non-hydrogen) atoms. The summed E-state index contributed by atoms with van der Waals surface area (Å²) < 4.78 is 38.3. The molecule has 2 aromatic rings. The van der Waals surface area contributed by atoms with E-state index in [1.165, 1.54) is 17.5 Å². The Morgan fingerprint density at radius 3 is 2.84 bits per heavy atom. The number of nitrogens with zero attached hydrogens (tertiary/aromatic N) is 2. The Hall–Kier alpha value is -2.31. The number of aromatic nitrogens is 2. The highest BCUT2D eigenvalue weighted by atomic mass is 32.2. The van der Waals surface area contributed by atoms with Crippen LogP contribution in [0.3, 0.4) is 0 Å². The highest BCUT2D eigenvalue weighted by molar-refractivity contribution is 7.84. The Kier molecular flexibility index (Phi) is 6.91. The van der Waals surface area contributed by atoms with Crippen molar-refractivity contribution in [2.24, 2.45) is 11.1 Å². The summed E-state index contributed by atoms with van der Waals surface area (Å²) in [6.45, 7) is -0.185. The second kappa shape index (κ2) is 9.67. The summed E-state index contributed by atoms with van der Waals surface area (Å²) in [5, 5.41) is 18.5. The van der Waals surface area contributed by atoms with Crippen LogP contribution < -0.4 is 15.2 Å². The van der Waals surface area contributed by atoms with Crippen LogP contribution in [-0.4, -0.2) is 55.5 Å². The van der Waals surface area contributed by atoms with Crippen molar-refractivity contribution < 1.29 is 27.2 Å². The molecule has 4 rings (SSSR count). The SMILES string of the molecule is CO[C@H]1CCc2ccccc2[C@@H]1Nc1cc(O[C@@H]2C[C@@H](COS(N)(=O)=O)[C@@H](O)C2)ncn1. The van der Waals surface area contributed by atoms with Crippen LogP contribution in [0.4, 0.5) is 5.82 Å². The zero-order valence-corrected chi connectivity index (χ0v) is 18.6. The van der Waals surface area contributed by atoms with Gasteiger partial charge in [0.15, 0.2) is 0 Å². The van der Waals surface area contributed by atoms with Gasteiger partial charge in [0.2, 0.25) is 5.88 Å². The van der Waals surface area contributed by atoms with Crippen molar-refractivity contribution in [2.45, 2.75) is 50.0 Å². The van der Waals surface area contributed by atoms with Gasteiger partial charge < -0.3 is 19.9 Å². The van der Waals surface area contributed by atoms with E-state index in [1.54, 1.807) is 13.2 Å². The fourth-order valence-electron chi connectivity index (χ4n) is 4.48. The van der Waals surface area contributed by atoms with Crippen LogP contribution in [0.5, 0.6) is 5.88 Å². The van der Waals surface area contributed by atoms with Crippen LogP contribution in [0.2, 0.25) is 0 Å². The van der Waals surface area contributed by atoms with E-state index >= 15 is 0 Å². The first-order valence-corrected chi connectivity index (χ1v) is 12.0. The number of nitrogens with two attached hydrogens (primary N) is 1. The first kappa shape index (κ1) is 22.9. The Bertz CT molecular complexity index is 1040. The zero-order valence-electron chi connectivity index (χ0n) is 17.8. The predicted molar refractivity (Wildman–Crippen MR) is 116 cm³/mol. The van der Waals surface area contributed by atoms with Crippen molar-refractivity contribution in [1.82, 2.24) is 9.97 Å². The summed E-state index contributed by atoms with van der Waals surface area (Å²) in [6.07, 6.45) is 2.98. The van der Waals surface area contributed by atoms with E-state index in [4.69, 9.17) is 14.6 Å². The largest absolute Gasteiger partial charge is 0.474 e. The van der Waals surface area contributed by atoms with Crippen molar-refractivity contribution in [1.29, 1.82) is 0 Å². The number of hydrogen-bond acceptors (Lipinski definition) is 9. The second-order valence-electron chi connectivity index (χ2n) is 8.19. The summed E-state index contributed by atoms with van der Waals surface area (Å²) in [5.74, 6) is 0.580. The number of aliphatic hydroxyl groups is 1. The minimum absolute atomic E-state index is 0.00814. The number of aryl methyl sites for hydroxylation is 1. The molecule has 1 aromatic carbocycles. The predicted octanol–water partition coefficient (Wildman–Crippen LogP) is 1.33. The number of nitrogens with one attached hydrogen (secondary N) is 1. The van der Waals surface area contributed by atoms with Gasteiger partial charge in [-0.15, -0.1) is 0 Å². The average molecular weight is 465 g/mol. The summed E-state index contributed by atoms with van der Waals surface area (Å²) in [6, 6.07) is 9.94. The molecule has 11 heteroatoms. The van der Waals surface area contributed by atoms with Gasteiger partial charge in [-0.25, -0.2) is 15.1 Å². The quantitative estimate of drug-likeness (QED) is 0.526. The lowest BCUT2D eigenvalue weighted by Gasteiger charge is -2.33. The Morgan fingerprint density at radius 2 is 2.06 bits per heavy atom. The first-order chi connectivity index (χ1) is 15.3. The van der Waals surface area contributed by atoms with Crippen LogP contribution in [-0.2, 0) is 25.6 Å². The van der Waals surface area contributed by atoms with Crippen LogP contribution in [0.15, 0.2) is 36.7 Å². The highest BCUT2D eigenvalue weighted by Gasteiger charge is 2.36. The zero-order chi connectivity index (χ0) is 22.7. The van der Waals surface area contributed by atoms with Gasteiger partial charge in [-0.1, -0.05) is 24.3 Å². The molecule has 0 unspecified atom stereocenters. The van der Waals surface area contributed by atoms with Crippen LogP contribution >= 0.6 is 0 Å². The molecule has 5 atom stereocenters.